The zero-order valence-corrected chi connectivity index (χ0v) is 14.3. The Morgan fingerprint density at radius 2 is 1.74 bits per heavy atom. The van der Waals surface area contributed by atoms with E-state index >= 15 is 0 Å². The average Bonchev–Trinajstić information content (AvgIpc) is 2.49. The number of piperidine rings is 1. The number of primary amides is 1. The normalized spacial score (nSPS) is 16.0. The summed E-state index contributed by atoms with van der Waals surface area (Å²) in [4.78, 5) is 25.1. The minimum Gasteiger partial charge on any atom is -0.370 e. The molecule has 4 heteroatoms. The number of nitrogens with two attached hydrogens (primary N) is 1. The molecule has 2 amide bonds. The molecule has 0 unspecified atom stereocenters. The zero-order chi connectivity index (χ0) is 17.0. The third-order valence-corrected chi connectivity index (χ3v) is 4.70. The number of nitrogens with zero attached hydrogens (tertiary/aromatic N) is 1. The van der Waals surface area contributed by atoms with Gasteiger partial charge in [0.15, 0.2) is 0 Å². The molecule has 23 heavy (non-hydrogen) atoms. The molecule has 0 saturated carbocycles. The summed E-state index contributed by atoms with van der Waals surface area (Å²) in [5, 5.41) is 0. The van der Waals surface area contributed by atoms with Crippen LogP contribution in [0.3, 0.4) is 0 Å². The molecular formula is C19H26N2O2. The fourth-order valence-electron chi connectivity index (χ4n) is 3.07. The molecular weight excluding hydrogens is 288 g/mol. The Hall–Kier alpha value is -2.10. The van der Waals surface area contributed by atoms with E-state index in [1.165, 1.54) is 16.7 Å². The van der Waals surface area contributed by atoms with E-state index < -0.39 is 0 Å². The van der Waals surface area contributed by atoms with Crippen molar-refractivity contribution in [3.63, 3.8) is 0 Å². The minimum absolute atomic E-state index is 0.0418. The lowest BCUT2D eigenvalue weighted by Crippen LogP contribution is -2.38. The molecule has 0 bridgehead atoms. The highest BCUT2D eigenvalue weighted by Gasteiger charge is 2.22. The van der Waals surface area contributed by atoms with Gasteiger partial charge >= 0.3 is 0 Å². The third-order valence-electron chi connectivity index (χ3n) is 4.70. The zero-order valence-electron chi connectivity index (χ0n) is 14.3. The van der Waals surface area contributed by atoms with E-state index in [4.69, 9.17) is 5.73 Å². The topological polar surface area (TPSA) is 63.4 Å². The fourth-order valence-corrected chi connectivity index (χ4v) is 3.07. The molecule has 1 aliphatic heterocycles. The van der Waals surface area contributed by atoms with Crippen LogP contribution < -0.4 is 5.73 Å². The maximum atomic E-state index is 12.3. The number of likely N-dealkylation sites (tertiary alicyclic amines) is 1. The van der Waals surface area contributed by atoms with Gasteiger partial charge in [-0.25, -0.2) is 0 Å². The molecule has 124 valence electrons. The summed E-state index contributed by atoms with van der Waals surface area (Å²) in [5.41, 5.74) is 10.00. The Morgan fingerprint density at radius 1 is 1.13 bits per heavy atom. The van der Waals surface area contributed by atoms with Gasteiger partial charge in [-0.1, -0.05) is 12.1 Å². The van der Waals surface area contributed by atoms with Crippen LogP contribution in [0, 0.1) is 26.7 Å². The summed E-state index contributed by atoms with van der Waals surface area (Å²) in [6.07, 6.45) is 5.70. The number of hydrogen-bond acceptors (Lipinski definition) is 2. The van der Waals surface area contributed by atoms with Gasteiger partial charge in [-0.05, 0) is 67.9 Å². The molecule has 2 N–H and O–H groups in total. The van der Waals surface area contributed by atoms with Gasteiger partial charge in [-0.3, -0.25) is 9.59 Å². The van der Waals surface area contributed by atoms with Gasteiger partial charge in [-0.15, -0.1) is 0 Å². The van der Waals surface area contributed by atoms with Crippen LogP contribution in [0.5, 0.6) is 0 Å². The molecule has 1 aromatic rings. The van der Waals surface area contributed by atoms with Crippen molar-refractivity contribution < 1.29 is 9.59 Å². The number of rotatable bonds is 4. The molecule has 0 atom stereocenters. The Balaban J connectivity index is 1.95. The Kier molecular flexibility index (Phi) is 5.59. The van der Waals surface area contributed by atoms with E-state index in [-0.39, 0.29) is 11.8 Å². The number of amides is 2. The number of hydrogen-bond donors (Lipinski definition) is 1. The second-order valence-corrected chi connectivity index (χ2v) is 6.57. The summed E-state index contributed by atoms with van der Waals surface area (Å²) in [6, 6.07) is 4.27. The number of aryl methyl sites for hydroxylation is 3. The maximum absolute atomic E-state index is 12.3. The second kappa shape index (κ2) is 7.44. The van der Waals surface area contributed by atoms with Gasteiger partial charge in [0.05, 0.1) is 0 Å². The summed E-state index contributed by atoms with van der Waals surface area (Å²) in [7, 11) is 0. The number of benzene rings is 1. The molecule has 1 aromatic carbocycles. The Labute approximate surface area is 138 Å². The average molecular weight is 314 g/mol. The van der Waals surface area contributed by atoms with Crippen LogP contribution >= 0.6 is 0 Å². The molecule has 1 saturated heterocycles. The number of carbonyl (C=O) groups excluding carboxylic acids is 2. The van der Waals surface area contributed by atoms with Crippen molar-refractivity contribution in [2.75, 3.05) is 13.1 Å². The predicted molar refractivity (Wildman–Crippen MR) is 92.8 cm³/mol. The van der Waals surface area contributed by atoms with Crippen LogP contribution in [0.25, 0.3) is 6.08 Å². The van der Waals surface area contributed by atoms with Crippen LogP contribution in [0.2, 0.25) is 0 Å². The molecule has 0 aliphatic carbocycles. The van der Waals surface area contributed by atoms with E-state index in [0.29, 0.717) is 25.4 Å². The van der Waals surface area contributed by atoms with E-state index in [0.717, 1.165) is 18.4 Å². The highest BCUT2D eigenvalue weighted by atomic mass is 16.2. The monoisotopic (exact) mass is 314 g/mol. The smallest absolute Gasteiger partial charge is 0.246 e. The van der Waals surface area contributed by atoms with Crippen molar-refractivity contribution in [2.45, 2.75) is 40.0 Å². The first-order chi connectivity index (χ1) is 10.9. The summed E-state index contributed by atoms with van der Waals surface area (Å²) in [5.74, 6) is 0.113. The highest BCUT2D eigenvalue weighted by Crippen LogP contribution is 2.21. The van der Waals surface area contributed by atoms with Crippen molar-refractivity contribution in [3.8, 4) is 0 Å². The molecule has 0 spiro atoms. The van der Waals surface area contributed by atoms with Crippen molar-refractivity contribution in [1.82, 2.24) is 4.90 Å². The van der Waals surface area contributed by atoms with E-state index in [1.807, 2.05) is 11.0 Å². The third kappa shape index (κ3) is 4.68. The summed E-state index contributed by atoms with van der Waals surface area (Å²) in [6.45, 7) is 7.64. The number of carbonyl (C=O) groups is 2. The molecule has 1 fully saturated rings. The van der Waals surface area contributed by atoms with Crippen molar-refractivity contribution in [1.29, 1.82) is 0 Å². The standard InChI is InChI=1S/C19H26N2O2/c1-13-10-15(3)17(11-14(13)2)4-5-19(23)21-8-6-16(7-9-21)12-18(20)22/h4-5,10-11,16H,6-9,12H2,1-3H3,(H2,20,22)/b5-4-. The van der Waals surface area contributed by atoms with Crippen LogP contribution in [0.1, 0.15) is 41.5 Å². The Morgan fingerprint density at radius 3 is 2.35 bits per heavy atom. The van der Waals surface area contributed by atoms with Crippen LogP contribution in [-0.4, -0.2) is 29.8 Å². The van der Waals surface area contributed by atoms with Gasteiger partial charge in [0.25, 0.3) is 0 Å². The molecule has 1 heterocycles. The first kappa shape index (κ1) is 17.3. The van der Waals surface area contributed by atoms with Gasteiger partial charge in [0.2, 0.25) is 11.8 Å². The van der Waals surface area contributed by atoms with Crippen LogP contribution in [-0.2, 0) is 9.59 Å². The quantitative estimate of drug-likeness (QED) is 0.869. The van der Waals surface area contributed by atoms with Gasteiger partial charge in [0.1, 0.15) is 0 Å². The van der Waals surface area contributed by atoms with Gasteiger partial charge in [0, 0.05) is 25.6 Å². The van der Waals surface area contributed by atoms with E-state index in [9.17, 15) is 9.59 Å². The van der Waals surface area contributed by atoms with Gasteiger partial charge < -0.3 is 10.6 Å². The van der Waals surface area contributed by atoms with E-state index in [2.05, 4.69) is 32.9 Å². The lowest BCUT2D eigenvalue weighted by molar-refractivity contribution is -0.127. The largest absolute Gasteiger partial charge is 0.370 e. The first-order valence-corrected chi connectivity index (χ1v) is 8.20. The fraction of sp³-hybridized carbons (Fsp3) is 0.474. The minimum atomic E-state index is -0.250. The molecule has 1 aliphatic rings. The lowest BCUT2D eigenvalue weighted by atomic mass is 9.93. The van der Waals surface area contributed by atoms with Crippen molar-refractivity contribution >= 4 is 17.9 Å². The molecule has 4 nitrogen and oxygen atoms in total. The van der Waals surface area contributed by atoms with Crippen LogP contribution in [0.4, 0.5) is 0 Å². The first-order valence-electron chi connectivity index (χ1n) is 8.20. The second-order valence-electron chi connectivity index (χ2n) is 6.57. The predicted octanol–water partition coefficient (Wildman–Crippen LogP) is 2.74. The van der Waals surface area contributed by atoms with Crippen molar-refractivity contribution in [2.24, 2.45) is 11.7 Å². The summed E-state index contributed by atoms with van der Waals surface area (Å²) < 4.78 is 0. The molecule has 0 aromatic heterocycles. The maximum Gasteiger partial charge on any atom is 0.246 e. The highest BCUT2D eigenvalue weighted by molar-refractivity contribution is 5.92. The molecule has 0 radical (unpaired) electrons. The lowest BCUT2D eigenvalue weighted by Gasteiger charge is -2.30. The van der Waals surface area contributed by atoms with E-state index in [1.54, 1.807) is 6.08 Å². The SMILES string of the molecule is Cc1cc(C)c(/C=C\C(=O)N2CCC(CC(N)=O)CC2)cc1C. The molecule has 2 rings (SSSR count). The van der Waals surface area contributed by atoms with Crippen molar-refractivity contribution in [3.05, 3.63) is 40.5 Å². The Bertz CT molecular complexity index is 627. The summed E-state index contributed by atoms with van der Waals surface area (Å²) >= 11 is 0. The van der Waals surface area contributed by atoms with Crippen LogP contribution in [0.15, 0.2) is 18.2 Å². The van der Waals surface area contributed by atoms with Gasteiger partial charge in [-0.2, -0.15) is 0 Å².